The van der Waals surface area contributed by atoms with Crippen LogP contribution in [0.3, 0.4) is 0 Å². The number of hydrogen-bond acceptors (Lipinski definition) is 4. The molecule has 8 heteroatoms. The lowest BCUT2D eigenvalue weighted by Gasteiger charge is -2.16. The number of nitrogens with one attached hydrogen (secondary N) is 2. The van der Waals surface area contributed by atoms with Crippen LogP contribution in [0.15, 0.2) is 12.1 Å². The fourth-order valence-corrected chi connectivity index (χ4v) is 2.41. The lowest BCUT2D eigenvalue weighted by Crippen LogP contribution is -2.47. The average Bonchev–Trinajstić information content (AvgIpc) is 2.74. The summed E-state index contributed by atoms with van der Waals surface area (Å²) in [5, 5.41) is 22.1. The number of thiophene rings is 1. The Hall–Kier alpha value is -2.09. The highest BCUT2D eigenvalue weighted by Crippen LogP contribution is 2.22. The smallest absolute Gasteiger partial charge is 0.326 e. The van der Waals surface area contributed by atoms with Crippen molar-refractivity contribution < 1.29 is 24.6 Å². The molecule has 0 saturated carbocycles. The first-order valence-electron chi connectivity index (χ1n) is 5.87. The van der Waals surface area contributed by atoms with E-state index < -0.39 is 30.4 Å². The first-order valence-corrected chi connectivity index (χ1v) is 6.69. The number of urea groups is 1. The van der Waals surface area contributed by atoms with E-state index in [1.165, 1.54) is 11.3 Å². The molecule has 1 rings (SSSR count). The second-order valence-electron chi connectivity index (χ2n) is 4.28. The number of hydrogen-bond donors (Lipinski definition) is 4. The van der Waals surface area contributed by atoms with Gasteiger partial charge in [0.1, 0.15) is 6.04 Å². The molecule has 0 aromatic carbocycles. The van der Waals surface area contributed by atoms with Crippen LogP contribution in [0.1, 0.15) is 29.1 Å². The van der Waals surface area contributed by atoms with E-state index in [1.807, 2.05) is 19.1 Å². The van der Waals surface area contributed by atoms with E-state index in [0.717, 1.165) is 9.75 Å². The summed E-state index contributed by atoms with van der Waals surface area (Å²) in [5.74, 6) is -2.68. The third-order valence-corrected chi connectivity index (χ3v) is 3.70. The van der Waals surface area contributed by atoms with Crippen molar-refractivity contribution in [1.29, 1.82) is 0 Å². The van der Waals surface area contributed by atoms with Crippen LogP contribution in [-0.4, -0.2) is 34.2 Å². The third-order valence-electron chi connectivity index (χ3n) is 2.52. The molecule has 20 heavy (non-hydrogen) atoms. The highest BCUT2D eigenvalue weighted by atomic mass is 32.1. The van der Waals surface area contributed by atoms with Gasteiger partial charge in [-0.25, -0.2) is 9.59 Å². The molecule has 4 N–H and O–H groups in total. The van der Waals surface area contributed by atoms with Gasteiger partial charge < -0.3 is 20.8 Å². The van der Waals surface area contributed by atoms with Gasteiger partial charge in [-0.3, -0.25) is 4.79 Å². The molecule has 0 radical (unpaired) electrons. The molecule has 2 unspecified atom stereocenters. The largest absolute Gasteiger partial charge is 0.481 e. The van der Waals surface area contributed by atoms with Crippen molar-refractivity contribution >= 4 is 29.3 Å². The molecule has 110 valence electrons. The van der Waals surface area contributed by atoms with Gasteiger partial charge in [-0.05, 0) is 26.0 Å². The van der Waals surface area contributed by atoms with E-state index in [-0.39, 0.29) is 6.04 Å². The molecule has 0 fully saturated rings. The van der Waals surface area contributed by atoms with Crippen molar-refractivity contribution in [1.82, 2.24) is 10.6 Å². The molecule has 1 aromatic rings. The maximum Gasteiger partial charge on any atom is 0.326 e. The van der Waals surface area contributed by atoms with Gasteiger partial charge in [0.15, 0.2) is 0 Å². The van der Waals surface area contributed by atoms with E-state index in [2.05, 4.69) is 10.6 Å². The SMILES string of the molecule is Cc1ccc(C(C)NC(=O)NC(CC(=O)O)C(=O)O)s1. The molecule has 0 aliphatic rings. The van der Waals surface area contributed by atoms with Gasteiger partial charge in [0.05, 0.1) is 12.5 Å². The molecule has 1 aromatic heterocycles. The van der Waals surface area contributed by atoms with Crippen LogP contribution in [0.5, 0.6) is 0 Å². The van der Waals surface area contributed by atoms with Crippen molar-refractivity contribution in [3.05, 3.63) is 21.9 Å². The molecule has 0 saturated heterocycles. The molecule has 0 spiro atoms. The summed E-state index contributed by atoms with van der Waals surface area (Å²) in [7, 11) is 0. The average molecular weight is 300 g/mol. The number of carbonyl (C=O) groups excluding carboxylic acids is 1. The summed E-state index contributed by atoms with van der Waals surface area (Å²) in [6, 6.07) is 1.34. The molecule has 2 amide bonds. The Labute approximate surface area is 119 Å². The van der Waals surface area contributed by atoms with Gasteiger partial charge in [-0.15, -0.1) is 11.3 Å². The van der Waals surface area contributed by atoms with Gasteiger partial charge >= 0.3 is 18.0 Å². The van der Waals surface area contributed by atoms with Crippen molar-refractivity contribution in [2.75, 3.05) is 0 Å². The number of rotatable bonds is 6. The summed E-state index contributed by atoms with van der Waals surface area (Å²) >= 11 is 1.52. The number of amides is 2. The molecule has 2 atom stereocenters. The molecule has 0 bridgehead atoms. The Bertz CT molecular complexity index is 514. The first-order chi connectivity index (χ1) is 9.29. The van der Waals surface area contributed by atoms with Crippen LogP contribution in [0.25, 0.3) is 0 Å². The second kappa shape index (κ2) is 6.90. The van der Waals surface area contributed by atoms with Crippen LogP contribution in [0.2, 0.25) is 0 Å². The van der Waals surface area contributed by atoms with Gasteiger partial charge in [-0.1, -0.05) is 0 Å². The van der Waals surface area contributed by atoms with Gasteiger partial charge in [0.2, 0.25) is 0 Å². The maximum absolute atomic E-state index is 11.7. The molecular weight excluding hydrogens is 284 g/mol. The second-order valence-corrected chi connectivity index (χ2v) is 5.60. The van der Waals surface area contributed by atoms with Crippen molar-refractivity contribution in [2.24, 2.45) is 0 Å². The molecule has 0 aliphatic heterocycles. The zero-order valence-corrected chi connectivity index (χ0v) is 11.9. The predicted molar refractivity (Wildman–Crippen MR) is 72.8 cm³/mol. The van der Waals surface area contributed by atoms with Gasteiger partial charge in [-0.2, -0.15) is 0 Å². The number of carbonyl (C=O) groups is 3. The number of aliphatic carboxylic acids is 2. The van der Waals surface area contributed by atoms with E-state index in [4.69, 9.17) is 10.2 Å². The summed E-state index contributed by atoms with van der Waals surface area (Å²) in [4.78, 5) is 35.0. The van der Waals surface area contributed by atoms with Crippen molar-refractivity contribution in [3.63, 3.8) is 0 Å². The van der Waals surface area contributed by atoms with E-state index >= 15 is 0 Å². The zero-order valence-electron chi connectivity index (χ0n) is 11.0. The number of carboxylic acids is 2. The molecule has 0 aliphatic carbocycles. The summed E-state index contributed by atoms with van der Waals surface area (Å²) < 4.78 is 0. The summed E-state index contributed by atoms with van der Waals surface area (Å²) in [6.07, 6.45) is -0.671. The van der Waals surface area contributed by atoms with Crippen molar-refractivity contribution in [3.8, 4) is 0 Å². The van der Waals surface area contributed by atoms with Crippen LogP contribution >= 0.6 is 11.3 Å². The lowest BCUT2D eigenvalue weighted by atomic mass is 10.2. The predicted octanol–water partition coefficient (Wildman–Crippen LogP) is 1.34. The van der Waals surface area contributed by atoms with Gasteiger partial charge in [0.25, 0.3) is 0 Å². The minimum atomic E-state index is -1.45. The van der Waals surface area contributed by atoms with E-state index in [9.17, 15) is 14.4 Å². The minimum Gasteiger partial charge on any atom is -0.481 e. The first kappa shape index (κ1) is 16.0. The molecule has 7 nitrogen and oxygen atoms in total. The minimum absolute atomic E-state index is 0.284. The van der Waals surface area contributed by atoms with Crippen LogP contribution in [0, 0.1) is 6.92 Å². The topological polar surface area (TPSA) is 116 Å². The van der Waals surface area contributed by atoms with Crippen LogP contribution < -0.4 is 10.6 Å². The fourth-order valence-electron chi connectivity index (χ4n) is 1.53. The summed E-state index contributed by atoms with van der Waals surface area (Å²) in [5.41, 5.74) is 0. The van der Waals surface area contributed by atoms with Gasteiger partial charge in [0, 0.05) is 9.75 Å². The standard InChI is InChI=1S/C12H16N2O5S/c1-6-3-4-9(20-6)7(2)13-12(19)14-8(11(17)18)5-10(15)16/h3-4,7-8H,5H2,1-2H3,(H,15,16)(H,17,18)(H2,13,14,19). The Morgan fingerprint density at radius 3 is 2.35 bits per heavy atom. The maximum atomic E-state index is 11.7. The Kier molecular flexibility index (Phi) is 5.51. The number of aryl methyl sites for hydroxylation is 1. The number of carboxylic acid groups (broad SMARTS) is 2. The highest BCUT2D eigenvalue weighted by molar-refractivity contribution is 7.12. The Morgan fingerprint density at radius 1 is 1.25 bits per heavy atom. The normalized spacial score (nSPS) is 13.3. The zero-order chi connectivity index (χ0) is 15.3. The molecular formula is C12H16N2O5S. The fraction of sp³-hybridized carbons (Fsp3) is 0.417. The van der Waals surface area contributed by atoms with Crippen LogP contribution in [0.4, 0.5) is 4.79 Å². The third kappa shape index (κ3) is 4.88. The summed E-state index contributed by atoms with van der Waals surface area (Å²) in [6.45, 7) is 3.70. The van der Waals surface area contributed by atoms with E-state index in [0.29, 0.717) is 0 Å². The quantitative estimate of drug-likeness (QED) is 0.633. The highest BCUT2D eigenvalue weighted by Gasteiger charge is 2.23. The van der Waals surface area contributed by atoms with Crippen molar-refractivity contribution in [2.45, 2.75) is 32.4 Å². The lowest BCUT2D eigenvalue weighted by molar-refractivity contribution is -0.145. The van der Waals surface area contributed by atoms with Crippen LogP contribution in [-0.2, 0) is 9.59 Å². The Balaban J connectivity index is 2.57. The van der Waals surface area contributed by atoms with E-state index in [1.54, 1.807) is 6.92 Å². The Morgan fingerprint density at radius 2 is 1.90 bits per heavy atom. The monoisotopic (exact) mass is 300 g/mol. The molecule has 1 heterocycles.